The molecule has 0 radical (unpaired) electrons. The predicted molar refractivity (Wildman–Crippen MR) is 70.0 cm³/mol. The van der Waals surface area contributed by atoms with Gasteiger partial charge in [0.2, 0.25) is 0 Å². The summed E-state index contributed by atoms with van der Waals surface area (Å²) in [6.07, 6.45) is 8.43. The molecule has 0 atom stereocenters. The molecule has 3 rings (SSSR count). The van der Waals surface area contributed by atoms with Gasteiger partial charge in [0.05, 0.1) is 12.0 Å². The van der Waals surface area contributed by atoms with Gasteiger partial charge in [0.15, 0.2) is 0 Å². The summed E-state index contributed by atoms with van der Waals surface area (Å²) in [5, 5.41) is 3.45. The molecular formula is C14H18N4. The van der Waals surface area contributed by atoms with Crippen molar-refractivity contribution in [1.82, 2.24) is 19.9 Å². The van der Waals surface area contributed by atoms with Gasteiger partial charge in [0.1, 0.15) is 0 Å². The minimum atomic E-state index is 0.699. The van der Waals surface area contributed by atoms with Crippen LogP contribution in [-0.2, 0) is 13.1 Å². The Labute approximate surface area is 107 Å². The number of pyridine rings is 1. The van der Waals surface area contributed by atoms with E-state index in [2.05, 4.69) is 25.9 Å². The number of hydrogen-bond donors (Lipinski definition) is 1. The second kappa shape index (κ2) is 4.90. The Kier molecular flexibility index (Phi) is 3.11. The van der Waals surface area contributed by atoms with Crippen LogP contribution in [0.4, 0.5) is 0 Å². The average Bonchev–Trinajstić information content (AvgIpc) is 3.12. The fourth-order valence-corrected chi connectivity index (χ4v) is 2.09. The van der Waals surface area contributed by atoms with Crippen LogP contribution >= 0.6 is 0 Å². The zero-order valence-corrected chi connectivity index (χ0v) is 10.6. The van der Waals surface area contributed by atoms with E-state index in [0.717, 1.165) is 18.8 Å². The second-order valence-corrected chi connectivity index (χ2v) is 4.93. The Hall–Kier alpha value is -1.68. The molecule has 4 heteroatoms. The molecule has 18 heavy (non-hydrogen) atoms. The van der Waals surface area contributed by atoms with Crippen molar-refractivity contribution in [2.24, 2.45) is 0 Å². The van der Waals surface area contributed by atoms with E-state index in [1.54, 1.807) is 0 Å². The summed E-state index contributed by atoms with van der Waals surface area (Å²) in [6.45, 7) is 3.72. The van der Waals surface area contributed by atoms with Crippen molar-refractivity contribution in [3.63, 3.8) is 0 Å². The van der Waals surface area contributed by atoms with Gasteiger partial charge >= 0.3 is 0 Å². The first-order valence-electron chi connectivity index (χ1n) is 6.46. The van der Waals surface area contributed by atoms with Crippen LogP contribution in [0, 0.1) is 6.92 Å². The van der Waals surface area contributed by atoms with Crippen LogP contribution in [0.25, 0.3) is 0 Å². The van der Waals surface area contributed by atoms with Crippen molar-refractivity contribution in [3.05, 3.63) is 47.8 Å². The fraction of sp³-hybridized carbons (Fsp3) is 0.429. The summed E-state index contributed by atoms with van der Waals surface area (Å²) in [7, 11) is 0. The second-order valence-electron chi connectivity index (χ2n) is 4.93. The molecule has 0 aliphatic heterocycles. The number of hydrogen-bond acceptors (Lipinski definition) is 3. The highest BCUT2D eigenvalue weighted by Crippen LogP contribution is 2.35. The van der Waals surface area contributed by atoms with Crippen LogP contribution in [0.3, 0.4) is 0 Å². The van der Waals surface area contributed by atoms with E-state index in [0.29, 0.717) is 6.04 Å². The molecule has 0 aromatic carbocycles. The van der Waals surface area contributed by atoms with Gasteiger partial charge < -0.3 is 9.88 Å². The maximum absolute atomic E-state index is 4.29. The van der Waals surface area contributed by atoms with Crippen molar-refractivity contribution in [3.8, 4) is 0 Å². The van der Waals surface area contributed by atoms with Crippen molar-refractivity contribution in [2.45, 2.75) is 38.9 Å². The molecule has 1 aliphatic carbocycles. The van der Waals surface area contributed by atoms with Gasteiger partial charge in [-0.1, -0.05) is 6.07 Å². The maximum atomic E-state index is 4.29. The van der Waals surface area contributed by atoms with Gasteiger partial charge in [-0.3, -0.25) is 4.98 Å². The Morgan fingerprint density at radius 3 is 2.89 bits per heavy atom. The number of nitrogens with one attached hydrogen (secondary N) is 1. The highest BCUT2D eigenvalue weighted by atomic mass is 15.1. The minimum absolute atomic E-state index is 0.699. The summed E-state index contributed by atoms with van der Waals surface area (Å²) in [6, 6.07) is 4.87. The number of nitrogens with zero attached hydrogens (tertiary/aromatic N) is 3. The summed E-state index contributed by atoms with van der Waals surface area (Å²) >= 11 is 0. The number of aromatic nitrogens is 3. The monoisotopic (exact) mass is 242 g/mol. The van der Waals surface area contributed by atoms with Crippen molar-refractivity contribution >= 4 is 0 Å². The standard InChI is InChI=1S/C14H18N4/c1-11-2-3-12(7-17-11)6-15-8-14-9-16-10-18(14)13-4-5-13/h2-3,7,9-10,13,15H,4-6,8H2,1H3. The van der Waals surface area contributed by atoms with Crippen molar-refractivity contribution in [1.29, 1.82) is 0 Å². The van der Waals surface area contributed by atoms with E-state index in [1.807, 2.05) is 31.7 Å². The Bertz CT molecular complexity index is 511. The number of imidazole rings is 1. The molecule has 1 fully saturated rings. The van der Waals surface area contributed by atoms with Crippen LogP contribution in [-0.4, -0.2) is 14.5 Å². The Morgan fingerprint density at radius 2 is 2.17 bits per heavy atom. The van der Waals surface area contributed by atoms with Crippen molar-refractivity contribution < 1.29 is 0 Å². The molecule has 2 heterocycles. The summed E-state index contributed by atoms with van der Waals surface area (Å²) in [5.74, 6) is 0. The lowest BCUT2D eigenvalue weighted by Gasteiger charge is -2.08. The first kappa shape index (κ1) is 11.4. The summed E-state index contributed by atoms with van der Waals surface area (Å²) in [5.41, 5.74) is 3.56. The molecule has 1 N–H and O–H groups in total. The predicted octanol–water partition coefficient (Wildman–Crippen LogP) is 2.21. The molecule has 0 amide bonds. The van der Waals surface area contributed by atoms with Crippen molar-refractivity contribution in [2.75, 3.05) is 0 Å². The molecule has 0 spiro atoms. The zero-order valence-electron chi connectivity index (χ0n) is 10.6. The van der Waals surface area contributed by atoms with Gasteiger partial charge in [-0.15, -0.1) is 0 Å². The SMILES string of the molecule is Cc1ccc(CNCc2cncn2C2CC2)cn1. The third kappa shape index (κ3) is 2.59. The van der Waals surface area contributed by atoms with E-state index in [4.69, 9.17) is 0 Å². The van der Waals surface area contributed by atoms with Crippen LogP contribution in [0.2, 0.25) is 0 Å². The molecule has 1 saturated carbocycles. The maximum Gasteiger partial charge on any atom is 0.0951 e. The van der Waals surface area contributed by atoms with E-state index >= 15 is 0 Å². The fourth-order valence-electron chi connectivity index (χ4n) is 2.09. The quantitative estimate of drug-likeness (QED) is 0.874. The molecule has 0 bridgehead atoms. The molecule has 2 aromatic rings. The third-order valence-electron chi connectivity index (χ3n) is 3.29. The number of rotatable bonds is 5. The average molecular weight is 242 g/mol. The third-order valence-corrected chi connectivity index (χ3v) is 3.29. The van der Waals surface area contributed by atoms with E-state index in [-0.39, 0.29) is 0 Å². The summed E-state index contributed by atoms with van der Waals surface area (Å²) in [4.78, 5) is 8.52. The minimum Gasteiger partial charge on any atom is -0.330 e. The van der Waals surface area contributed by atoms with E-state index in [1.165, 1.54) is 24.1 Å². The van der Waals surface area contributed by atoms with Gasteiger partial charge in [-0.25, -0.2) is 4.98 Å². The molecular weight excluding hydrogens is 224 g/mol. The van der Waals surface area contributed by atoms with E-state index < -0.39 is 0 Å². The van der Waals surface area contributed by atoms with Gasteiger partial charge in [-0.2, -0.15) is 0 Å². The highest BCUT2D eigenvalue weighted by molar-refractivity contribution is 5.13. The van der Waals surface area contributed by atoms with E-state index in [9.17, 15) is 0 Å². The Morgan fingerprint density at radius 1 is 1.28 bits per heavy atom. The lowest BCUT2D eigenvalue weighted by atomic mass is 10.2. The normalized spacial score (nSPS) is 14.9. The molecule has 1 aliphatic rings. The summed E-state index contributed by atoms with van der Waals surface area (Å²) < 4.78 is 2.29. The van der Waals surface area contributed by atoms with Crippen LogP contribution in [0.1, 0.15) is 35.8 Å². The topological polar surface area (TPSA) is 42.7 Å². The first-order valence-corrected chi connectivity index (χ1v) is 6.46. The van der Waals surface area contributed by atoms with Crippen LogP contribution in [0.15, 0.2) is 30.9 Å². The van der Waals surface area contributed by atoms with Gasteiger partial charge in [0.25, 0.3) is 0 Å². The smallest absolute Gasteiger partial charge is 0.0951 e. The highest BCUT2D eigenvalue weighted by Gasteiger charge is 2.24. The largest absolute Gasteiger partial charge is 0.330 e. The zero-order chi connectivity index (χ0) is 12.4. The molecule has 0 saturated heterocycles. The molecule has 0 unspecified atom stereocenters. The number of aryl methyl sites for hydroxylation is 1. The lowest BCUT2D eigenvalue weighted by molar-refractivity contribution is 0.620. The molecule has 94 valence electrons. The molecule has 2 aromatic heterocycles. The Balaban J connectivity index is 1.55. The lowest BCUT2D eigenvalue weighted by Crippen LogP contribution is -2.15. The van der Waals surface area contributed by atoms with Crippen LogP contribution in [0.5, 0.6) is 0 Å². The van der Waals surface area contributed by atoms with Crippen LogP contribution < -0.4 is 5.32 Å². The molecule has 4 nitrogen and oxygen atoms in total. The van der Waals surface area contributed by atoms with Gasteiger partial charge in [-0.05, 0) is 31.4 Å². The van der Waals surface area contributed by atoms with Gasteiger partial charge in [0, 0.05) is 37.2 Å². The first-order chi connectivity index (χ1) is 8.83.